The highest BCUT2D eigenvalue weighted by Crippen LogP contribution is 2.28. The minimum atomic E-state index is 0.208. The summed E-state index contributed by atoms with van der Waals surface area (Å²) in [7, 11) is 1.58. The number of benzene rings is 1. The highest BCUT2D eigenvalue weighted by molar-refractivity contribution is 6.16. The van der Waals surface area contributed by atoms with E-state index in [0.29, 0.717) is 5.75 Å². The zero-order chi connectivity index (χ0) is 14.7. The Morgan fingerprint density at radius 3 is 2.90 bits per heavy atom. The molecule has 106 valence electrons. The second-order valence-corrected chi connectivity index (χ2v) is 4.82. The zero-order valence-corrected chi connectivity index (χ0v) is 11.8. The molecule has 4 heteroatoms. The molecule has 1 aromatic heterocycles. The number of nitrogens with zero attached hydrogens (tertiary/aromatic N) is 2. The molecular formula is C17H16N2O2. The van der Waals surface area contributed by atoms with Gasteiger partial charge in [0.05, 0.1) is 12.8 Å². The van der Waals surface area contributed by atoms with Crippen LogP contribution in [0.3, 0.4) is 0 Å². The maximum atomic E-state index is 10.1. The first-order valence-corrected chi connectivity index (χ1v) is 6.81. The van der Waals surface area contributed by atoms with Crippen LogP contribution in [0.2, 0.25) is 0 Å². The first-order chi connectivity index (χ1) is 10.3. The third-order valence-corrected chi connectivity index (χ3v) is 3.46. The number of ether oxygens (including phenoxy) is 1. The zero-order valence-electron chi connectivity index (χ0n) is 11.8. The molecule has 0 radical (unpaired) electrons. The van der Waals surface area contributed by atoms with Crippen LogP contribution < -0.4 is 4.74 Å². The summed E-state index contributed by atoms with van der Waals surface area (Å²) in [5.74, 6) is 0.849. The molecule has 1 aliphatic heterocycles. The predicted molar refractivity (Wildman–Crippen MR) is 82.9 cm³/mol. The van der Waals surface area contributed by atoms with E-state index in [1.54, 1.807) is 19.4 Å². The van der Waals surface area contributed by atoms with Crippen LogP contribution in [0.5, 0.6) is 11.5 Å². The molecule has 21 heavy (non-hydrogen) atoms. The monoisotopic (exact) mass is 280 g/mol. The lowest BCUT2D eigenvalue weighted by atomic mass is 10.0. The third-order valence-electron chi connectivity index (χ3n) is 3.46. The Hall–Kier alpha value is -2.62. The highest BCUT2D eigenvalue weighted by atomic mass is 16.5. The molecule has 1 aliphatic rings. The predicted octanol–water partition coefficient (Wildman–Crippen LogP) is 3.07. The molecule has 3 rings (SSSR count). The maximum Gasteiger partial charge on any atom is 0.126 e. The molecule has 0 saturated carbocycles. The number of phenolic OH excluding ortho intramolecular Hbond substituents is 1. The van der Waals surface area contributed by atoms with Crippen LogP contribution in [0, 0.1) is 0 Å². The molecule has 0 amide bonds. The molecule has 2 heterocycles. The first-order valence-electron chi connectivity index (χ1n) is 6.81. The van der Waals surface area contributed by atoms with Gasteiger partial charge in [0.2, 0.25) is 0 Å². The van der Waals surface area contributed by atoms with Gasteiger partial charge in [0, 0.05) is 36.1 Å². The Morgan fingerprint density at radius 2 is 2.19 bits per heavy atom. The molecule has 2 aromatic rings. The van der Waals surface area contributed by atoms with Gasteiger partial charge in [-0.15, -0.1) is 0 Å². The molecule has 0 unspecified atom stereocenters. The highest BCUT2D eigenvalue weighted by Gasteiger charge is 2.16. The van der Waals surface area contributed by atoms with Gasteiger partial charge in [-0.1, -0.05) is 0 Å². The second kappa shape index (κ2) is 5.79. The van der Waals surface area contributed by atoms with Crippen LogP contribution in [0.15, 0.2) is 53.3 Å². The number of aromatic hydroxyl groups is 1. The Balaban J connectivity index is 1.95. The molecule has 0 spiro atoms. The van der Waals surface area contributed by atoms with E-state index in [2.05, 4.69) is 9.98 Å². The number of phenols is 1. The van der Waals surface area contributed by atoms with Gasteiger partial charge in [-0.3, -0.25) is 9.98 Å². The summed E-state index contributed by atoms with van der Waals surface area (Å²) in [5, 5.41) is 10.1. The van der Waals surface area contributed by atoms with Crippen LogP contribution in [0.4, 0.5) is 0 Å². The minimum absolute atomic E-state index is 0.208. The van der Waals surface area contributed by atoms with Gasteiger partial charge < -0.3 is 9.84 Å². The topological polar surface area (TPSA) is 54.7 Å². The fraction of sp³-hybridized carbons (Fsp3) is 0.176. The number of aliphatic imine (C=N–C) groups is 1. The van der Waals surface area contributed by atoms with E-state index >= 15 is 0 Å². The Labute approximate surface area is 123 Å². The van der Waals surface area contributed by atoms with Gasteiger partial charge in [-0.05, 0) is 42.3 Å². The van der Waals surface area contributed by atoms with Crippen molar-refractivity contribution in [2.45, 2.75) is 6.42 Å². The first kappa shape index (κ1) is 13.4. The normalized spacial score (nSPS) is 16.0. The van der Waals surface area contributed by atoms with Gasteiger partial charge in [-0.25, -0.2) is 0 Å². The second-order valence-electron chi connectivity index (χ2n) is 4.82. The van der Waals surface area contributed by atoms with Crippen molar-refractivity contribution >= 4 is 11.8 Å². The molecule has 4 nitrogen and oxygen atoms in total. The van der Waals surface area contributed by atoms with Crippen molar-refractivity contribution in [3.63, 3.8) is 0 Å². The van der Waals surface area contributed by atoms with E-state index in [1.165, 1.54) is 0 Å². The summed E-state index contributed by atoms with van der Waals surface area (Å²) in [5.41, 5.74) is 3.85. The van der Waals surface area contributed by atoms with E-state index in [0.717, 1.165) is 35.4 Å². The fourth-order valence-electron chi connectivity index (χ4n) is 2.39. The van der Waals surface area contributed by atoms with Gasteiger partial charge in [-0.2, -0.15) is 0 Å². The van der Waals surface area contributed by atoms with Crippen LogP contribution in [-0.4, -0.2) is 29.5 Å². The van der Waals surface area contributed by atoms with Crippen molar-refractivity contribution in [3.05, 3.63) is 59.4 Å². The fourth-order valence-corrected chi connectivity index (χ4v) is 2.39. The lowest BCUT2D eigenvalue weighted by Gasteiger charge is -2.06. The number of hydrogen-bond donors (Lipinski definition) is 1. The standard InChI is InChI=1S/C17H16N2O2/c1-21-15-5-4-12(16(20)10-15)9-13-6-8-19-17(13)14-3-2-7-18-11-14/h2-5,7,9-11,20H,6,8H2,1H3/b13-9+. The average Bonchev–Trinajstić information content (AvgIpc) is 2.98. The quantitative estimate of drug-likeness (QED) is 0.940. The average molecular weight is 280 g/mol. The van der Waals surface area contributed by atoms with Gasteiger partial charge in [0.15, 0.2) is 0 Å². The molecule has 0 bridgehead atoms. The number of methoxy groups -OCH3 is 1. The van der Waals surface area contributed by atoms with E-state index in [1.807, 2.05) is 36.5 Å². The van der Waals surface area contributed by atoms with Crippen molar-refractivity contribution in [1.29, 1.82) is 0 Å². The van der Waals surface area contributed by atoms with Crippen LogP contribution in [0.1, 0.15) is 17.5 Å². The van der Waals surface area contributed by atoms with Crippen LogP contribution >= 0.6 is 0 Å². The molecule has 0 aliphatic carbocycles. The lowest BCUT2D eigenvalue weighted by molar-refractivity contribution is 0.407. The Morgan fingerprint density at radius 1 is 1.29 bits per heavy atom. The summed E-state index contributed by atoms with van der Waals surface area (Å²) < 4.78 is 5.10. The third kappa shape index (κ3) is 2.79. The molecule has 1 N–H and O–H groups in total. The lowest BCUT2D eigenvalue weighted by Crippen LogP contribution is -2.00. The summed E-state index contributed by atoms with van der Waals surface area (Å²) in [6, 6.07) is 9.20. The SMILES string of the molecule is COc1ccc(/C=C2\CCN=C2c2cccnc2)c(O)c1. The van der Waals surface area contributed by atoms with E-state index in [9.17, 15) is 5.11 Å². The maximum absolute atomic E-state index is 10.1. The summed E-state index contributed by atoms with van der Waals surface area (Å²) in [4.78, 5) is 8.69. The number of hydrogen-bond acceptors (Lipinski definition) is 4. The summed E-state index contributed by atoms with van der Waals surface area (Å²) in [6.45, 7) is 0.771. The van der Waals surface area contributed by atoms with Crippen LogP contribution in [-0.2, 0) is 0 Å². The van der Waals surface area contributed by atoms with Gasteiger partial charge in [0.25, 0.3) is 0 Å². The van der Waals surface area contributed by atoms with Crippen molar-refractivity contribution in [1.82, 2.24) is 4.98 Å². The van der Waals surface area contributed by atoms with E-state index in [4.69, 9.17) is 4.74 Å². The van der Waals surface area contributed by atoms with Gasteiger partial charge >= 0.3 is 0 Å². The molecule has 1 aromatic carbocycles. The largest absolute Gasteiger partial charge is 0.507 e. The Bertz CT molecular complexity index is 706. The van der Waals surface area contributed by atoms with Crippen LogP contribution in [0.25, 0.3) is 6.08 Å². The number of aromatic nitrogens is 1. The van der Waals surface area contributed by atoms with Crippen molar-refractivity contribution in [2.24, 2.45) is 4.99 Å². The molecular weight excluding hydrogens is 264 g/mol. The van der Waals surface area contributed by atoms with E-state index in [-0.39, 0.29) is 5.75 Å². The number of pyridine rings is 1. The van der Waals surface area contributed by atoms with Crippen molar-refractivity contribution in [2.75, 3.05) is 13.7 Å². The van der Waals surface area contributed by atoms with Gasteiger partial charge in [0.1, 0.15) is 11.5 Å². The Kier molecular flexibility index (Phi) is 3.69. The minimum Gasteiger partial charge on any atom is -0.507 e. The molecule has 0 saturated heterocycles. The van der Waals surface area contributed by atoms with Crippen molar-refractivity contribution in [3.8, 4) is 11.5 Å². The number of rotatable bonds is 3. The van der Waals surface area contributed by atoms with Crippen molar-refractivity contribution < 1.29 is 9.84 Å². The molecule has 0 atom stereocenters. The summed E-state index contributed by atoms with van der Waals surface area (Å²) >= 11 is 0. The smallest absolute Gasteiger partial charge is 0.126 e. The van der Waals surface area contributed by atoms with E-state index < -0.39 is 0 Å². The summed E-state index contributed by atoms with van der Waals surface area (Å²) in [6.07, 6.45) is 6.41. The molecule has 0 fully saturated rings.